The van der Waals surface area contributed by atoms with Gasteiger partial charge in [-0.15, -0.1) is 0 Å². The molecule has 1 aliphatic rings. The van der Waals surface area contributed by atoms with Crippen molar-refractivity contribution >= 4 is 41.0 Å². The van der Waals surface area contributed by atoms with Gasteiger partial charge in [0.1, 0.15) is 34.9 Å². The van der Waals surface area contributed by atoms with Gasteiger partial charge >= 0.3 is 0 Å². The fraction of sp³-hybridized carbons (Fsp3) is 0.366. The molecule has 2 aromatic heterocycles. The number of aryl methyl sites for hydroxylation is 2. The molecule has 2 aromatic carbocycles. The number of ether oxygens (including phenoxy) is 1. The average Bonchev–Trinajstić information content (AvgIpc) is 3.13. The van der Waals surface area contributed by atoms with Gasteiger partial charge in [0.25, 0.3) is 5.91 Å². The molecule has 300 valence electrons. The Morgan fingerprint density at radius 2 is 1.79 bits per heavy atom. The van der Waals surface area contributed by atoms with Crippen LogP contribution in [0.5, 0.6) is 5.75 Å². The normalized spacial score (nSPS) is 15.0. The Bertz CT molecular complexity index is 2140. The Kier molecular flexibility index (Phi) is 13.2. The van der Waals surface area contributed by atoms with Gasteiger partial charge in [-0.2, -0.15) is 0 Å². The van der Waals surface area contributed by atoms with Gasteiger partial charge in [0.2, 0.25) is 23.6 Å². The molecule has 0 fully saturated rings. The lowest BCUT2D eigenvalue weighted by Gasteiger charge is -2.23. The quantitative estimate of drug-likeness (QED) is 0.116. The number of aromatic nitrogens is 3. The van der Waals surface area contributed by atoms with Crippen molar-refractivity contribution < 1.29 is 28.7 Å². The topological polar surface area (TPSA) is 259 Å². The number of primary amides is 1. The summed E-state index contributed by atoms with van der Waals surface area (Å²) < 4.78 is 5.81. The molecule has 16 heteroatoms. The lowest BCUT2D eigenvalue weighted by molar-refractivity contribution is -0.128. The molecule has 57 heavy (non-hydrogen) atoms. The molecule has 4 bridgehead atoms. The Labute approximate surface area is 331 Å². The number of hydrogen-bond acceptors (Lipinski definition) is 11. The molecule has 0 saturated heterocycles. The van der Waals surface area contributed by atoms with E-state index in [1.54, 1.807) is 56.4 Å². The fourth-order valence-electron chi connectivity index (χ4n) is 6.29. The summed E-state index contributed by atoms with van der Waals surface area (Å²) >= 11 is 0. The first-order valence-electron chi connectivity index (χ1n) is 18.6. The van der Waals surface area contributed by atoms with E-state index in [0.717, 1.165) is 6.42 Å². The van der Waals surface area contributed by atoms with Crippen LogP contribution in [0.2, 0.25) is 0 Å². The van der Waals surface area contributed by atoms with Crippen LogP contribution in [0.15, 0.2) is 54.7 Å². The van der Waals surface area contributed by atoms with E-state index in [1.807, 2.05) is 12.1 Å². The summed E-state index contributed by atoms with van der Waals surface area (Å²) in [7, 11) is 0. The number of anilines is 2. The predicted molar refractivity (Wildman–Crippen MR) is 216 cm³/mol. The third kappa shape index (κ3) is 11.1. The van der Waals surface area contributed by atoms with E-state index < -0.39 is 41.6 Å². The largest absolute Gasteiger partial charge is 0.492 e. The summed E-state index contributed by atoms with van der Waals surface area (Å²) in [5, 5.41) is 10.9. The van der Waals surface area contributed by atoms with Crippen molar-refractivity contribution in [3.63, 3.8) is 0 Å². The number of fused-ring (bicyclic) bond motifs is 5. The third-order valence-electron chi connectivity index (χ3n) is 9.32. The van der Waals surface area contributed by atoms with Gasteiger partial charge < -0.3 is 43.2 Å². The van der Waals surface area contributed by atoms with E-state index in [4.69, 9.17) is 21.9 Å². The zero-order valence-electron chi connectivity index (χ0n) is 32.8. The number of amides is 5. The Hall–Kier alpha value is -6.42. The van der Waals surface area contributed by atoms with E-state index in [9.17, 15) is 24.0 Å². The van der Waals surface area contributed by atoms with Crippen LogP contribution in [-0.4, -0.2) is 76.3 Å². The highest BCUT2D eigenvalue weighted by atomic mass is 16.5. The maximum atomic E-state index is 14.0. The summed E-state index contributed by atoms with van der Waals surface area (Å²) in [4.78, 5) is 78.6. The molecule has 4 aromatic rings. The molecule has 5 rings (SSSR count). The zero-order valence-corrected chi connectivity index (χ0v) is 32.8. The van der Waals surface area contributed by atoms with Crippen molar-refractivity contribution in [2.45, 2.75) is 72.4 Å². The minimum absolute atomic E-state index is 0.00188. The van der Waals surface area contributed by atoms with Crippen LogP contribution in [0.25, 0.3) is 22.6 Å². The minimum atomic E-state index is -1.09. The number of pyridine rings is 1. The molecule has 1 unspecified atom stereocenters. The summed E-state index contributed by atoms with van der Waals surface area (Å²) in [6, 6.07) is 12.1. The van der Waals surface area contributed by atoms with Gasteiger partial charge in [0.05, 0.1) is 37.2 Å². The van der Waals surface area contributed by atoms with Gasteiger partial charge in [0, 0.05) is 12.0 Å². The molecule has 3 heterocycles. The summed E-state index contributed by atoms with van der Waals surface area (Å²) in [5.74, 6) is -2.20. The van der Waals surface area contributed by atoms with Crippen LogP contribution in [0.1, 0.15) is 66.4 Å². The van der Waals surface area contributed by atoms with Gasteiger partial charge in [-0.3, -0.25) is 24.0 Å². The highest BCUT2D eigenvalue weighted by molar-refractivity contribution is 6.05. The molecule has 10 N–H and O–H groups in total. The molecule has 0 radical (unpaired) electrons. The molecular weight excluding hydrogens is 729 g/mol. The Morgan fingerprint density at radius 3 is 2.46 bits per heavy atom. The number of nitrogens with one attached hydrogen (secondary N) is 4. The van der Waals surface area contributed by atoms with E-state index in [-0.39, 0.29) is 60.7 Å². The summed E-state index contributed by atoms with van der Waals surface area (Å²) in [5.41, 5.74) is 22.4. The monoisotopic (exact) mass is 778 g/mol. The molecule has 0 saturated carbocycles. The van der Waals surface area contributed by atoms with Crippen molar-refractivity contribution in [1.29, 1.82) is 0 Å². The number of rotatable bonds is 11. The smallest absolute Gasteiger partial charge is 0.257 e. The highest BCUT2D eigenvalue weighted by Gasteiger charge is 2.27. The fourth-order valence-corrected chi connectivity index (χ4v) is 6.29. The molecule has 1 aliphatic heterocycles. The van der Waals surface area contributed by atoms with Crippen LogP contribution in [0, 0.1) is 19.3 Å². The second-order valence-corrected chi connectivity index (χ2v) is 15.2. The Balaban J connectivity index is 1.39. The summed E-state index contributed by atoms with van der Waals surface area (Å²) in [6.07, 6.45) is 2.57. The predicted octanol–water partition coefficient (Wildman–Crippen LogP) is 2.49. The van der Waals surface area contributed by atoms with Crippen molar-refractivity contribution in [2.75, 3.05) is 30.7 Å². The molecule has 2 atom stereocenters. The van der Waals surface area contributed by atoms with Gasteiger partial charge in [0.15, 0.2) is 5.82 Å². The third-order valence-corrected chi connectivity index (χ3v) is 9.32. The van der Waals surface area contributed by atoms with Crippen molar-refractivity contribution in [3.8, 4) is 28.4 Å². The maximum absolute atomic E-state index is 14.0. The number of carbonyl (C=O) groups excluding carboxylic acids is 5. The lowest BCUT2D eigenvalue weighted by atomic mass is 9.93. The summed E-state index contributed by atoms with van der Waals surface area (Å²) in [6.45, 7) is 10.1. The van der Waals surface area contributed by atoms with E-state index in [2.05, 4.69) is 57.0 Å². The number of nitrogens with two attached hydrogens (primary N) is 3. The molecule has 0 aliphatic carbocycles. The number of carbonyl (C=O) groups is 5. The SMILES string of the molecule is Cc1cc2cc(c1NC(=O)[C@H](CCN)NC(=O)c1c(C)nc(-c3ccc(OCCC(C)(C)C)cn3)nc1N)-c1cccc(c1)CC(=O)NCC(=O)NC(C(N)=O)C2. The number of hydrogen-bond donors (Lipinski definition) is 7. The first-order valence-corrected chi connectivity index (χ1v) is 18.6. The lowest BCUT2D eigenvalue weighted by Crippen LogP contribution is -2.49. The van der Waals surface area contributed by atoms with Crippen LogP contribution >= 0.6 is 0 Å². The van der Waals surface area contributed by atoms with Crippen molar-refractivity contribution in [2.24, 2.45) is 16.9 Å². The molecule has 0 spiro atoms. The first kappa shape index (κ1) is 41.7. The molecule has 5 amide bonds. The van der Waals surface area contributed by atoms with E-state index in [0.29, 0.717) is 51.6 Å². The maximum Gasteiger partial charge on any atom is 0.257 e. The Morgan fingerprint density at radius 1 is 1.02 bits per heavy atom. The van der Waals surface area contributed by atoms with Gasteiger partial charge in [-0.05, 0) is 79.1 Å². The van der Waals surface area contributed by atoms with Gasteiger partial charge in [-0.25, -0.2) is 15.0 Å². The van der Waals surface area contributed by atoms with Crippen LogP contribution < -0.4 is 43.2 Å². The van der Waals surface area contributed by atoms with E-state index >= 15 is 0 Å². The van der Waals surface area contributed by atoms with Crippen molar-refractivity contribution in [1.82, 2.24) is 30.9 Å². The van der Waals surface area contributed by atoms with Crippen molar-refractivity contribution in [3.05, 3.63) is 82.7 Å². The number of nitrogen functional groups attached to an aromatic ring is 1. The molecule has 16 nitrogen and oxygen atoms in total. The first-order chi connectivity index (χ1) is 27.0. The van der Waals surface area contributed by atoms with Crippen LogP contribution in [0.4, 0.5) is 11.5 Å². The van der Waals surface area contributed by atoms with Gasteiger partial charge in [-0.1, -0.05) is 51.1 Å². The molecular formula is C41H50N10O6. The zero-order chi connectivity index (χ0) is 41.4. The van der Waals surface area contributed by atoms with Crippen LogP contribution in [-0.2, 0) is 32.0 Å². The number of nitrogens with zero attached hydrogens (tertiary/aromatic N) is 3. The highest BCUT2D eigenvalue weighted by Crippen LogP contribution is 2.34. The standard InChI is InChI=1S/C41H50N10O6/c1-22-15-25-17-28(26-8-6-7-24(16-26)19-32(52)46-21-33(53)48-31(18-25)37(44)54)35(22)50-39(55)30(11-13-42)49-40(56)34-23(2)47-38(51-36(34)43)29-10-9-27(20-45-29)57-14-12-41(3,4)5/h6-10,15-17,20,30-31H,11-14,18-19,21,42H2,1-5H3,(H2,44,54)(H,46,52)(H,48,53)(H,49,56)(H,50,55)(H2,43,47,51)/t30-,31?/m0/s1. The second-order valence-electron chi connectivity index (χ2n) is 15.2. The van der Waals surface area contributed by atoms with E-state index in [1.165, 1.54) is 0 Å². The second kappa shape index (κ2) is 18.0. The van der Waals surface area contributed by atoms with Crippen LogP contribution in [0.3, 0.4) is 0 Å². The number of benzene rings is 2. The average molecular weight is 779 g/mol. The minimum Gasteiger partial charge on any atom is -0.492 e.